The van der Waals surface area contributed by atoms with Gasteiger partial charge in [-0.3, -0.25) is 0 Å². The van der Waals surface area contributed by atoms with Gasteiger partial charge in [0.15, 0.2) is 0 Å². The average Bonchev–Trinajstić information content (AvgIpc) is 2.43. The number of rotatable bonds is 5. The van der Waals surface area contributed by atoms with E-state index in [2.05, 4.69) is 18.5 Å². The lowest BCUT2D eigenvalue weighted by molar-refractivity contribution is 0.0256. The van der Waals surface area contributed by atoms with E-state index < -0.39 is 5.60 Å². The lowest BCUT2D eigenvalue weighted by Crippen LogP contribution is -2.41. The van der Waals surface area contributed by atoms with Crippen LogP contribution in [-0.4, -0.2) is 35.3 Å². The van der Waals surface area contributed by atoms with Gasteiger partial charge in [0.1, 0.15) is 0 Å². The van der Waals surface area contributed by atoms with Crippen LogP contribution in [0.5, 0.6) is 0 Å². The van der Waals surface area contributed by atoms with E-state index in [-0.39, 0.29) is 0 Å². The van der Waals surface area contributed by atoms with Crippen LogP contribution < -0.4 is 5.32 Å². The quantitative estimate of drug-likeness (QED) is 0.713. The molecule has 90 valence electrons. The highest BCUT2D eigenvalue weighted by molar-refractivity contribution is 7.99. The van der Waals surface area contributed by atoms with Crippen LogP contribution in [0.25, 0.3) is 0 Å². The molecule has 0 aromatic heterocycles. The van der Waals surface area contributed by atoms with Crippen LogP contribution in [0.1, 0.15) is 45.4 Å². The highest BCUT2D eigenvalue weighted by atomic mass is 32.2. The van der Waals surface area contributed by atoms with Crippen molar-refractivity contribution >= 4 is 11.8 Å². The highest BCUT2D eigenvalue weighted by Crippen LogP contribution is 2.26. The Hall–Kier alpha value is 0.270. The predicted molar refractivity (Wildman–Crippen MR) is 68.5 cm³/mol. The van der Waals surface area contributed by atoms with E-state index in [9.17, 15) is 5.11 Å². The molecule has 1 fully saturated rings. The second-order valence-corrected chi connectivity index (χ2v) is 6.09. The van der Waals surface area contributed by atoms with Gasteiger partial charge < -0.3 is 10.4 Å². The minimum atomic E-state index is -0.422. The third kappa shape index (κ3) is 5.23. The second-order valence-electron chi connectivity index (χ2n) is 4.82. The van der Waals surface area contributed by atoms with E-state index in [0.29, 0.717) is 5.25 Å². The Morgan fingerprint density at radius 2 is 1.87 bits per heavy atom. The normalized spacial score (nSPS) is 23.4. The third-order valence-electron chi connectivity index (χ3n) is 3.32. The number of aliphatic hydroxyl groups is 1. The van der Waals surface area contributed by atoms with Crippen LogP contribution in [0, 0.1) is 0 Å². The Labute approximate surface area is 98.2 Å². The van der Waals surface area contributed by atoms with Gasteiger partial charge in [-0.15, -0.1) is 0 Å². The van der Waals surface area contributed by atoms with Crippen LogP contribution in [0.2, 0.25) is 0 Å². The zero-order chi connectivity index (χ0) is 11.1. The molecule has 0 aromatic rings. The van der Waals surface area contributed by atoms with Crippen molar-refractivity contribution in [3.05, 3.63) is 0 Å². The standard InChI is InChI=1S/C12H25NOS/c1-11(15-2)9-13-10-12(14)7-5-3-4-6-8-12/h11,13-14H,3-10H2,1-2H3. The monoisotopic (exact) mass is 231 g/mol. The molecule has 1 saturated carbocycles. The zero-order valence-corrected chi connectivity index (χ0v) is 10.9. The van der Waals surface area contributed by atoms with E-state index in [0.717, 1.165) is 25.9 Å². The van der Waals surface area contributed by atoms with E-state index in [4.69, 9.17) is 0 Å². The van der Waals surface area contributed by atoms with Crippen molar-refractivity contribution in [1.82, 2.24) is 5.32 Å². The summed E-state index contributed by atoms with van der Waals surface area (Å²) in [7, 11) is 0. The van der Waals surface area contributed by atoms with Gasteiger partial charge in [-0.2, -0.15) is 11.8 Å². The summed E-state index contributed by atoms with van der Waals surface area (Å²) in [5, 5.41) is 14.4. The lowest BCUT2D eigenvalue weighted by atomic mass is 9.94. The molecular weight excluding hydrogens is 206 g/mol. The molecule has 0 saturated heterocycles. The molecule has 2 N–H and O–H groups in total. The fraction of sp³-hybridized carbons (Fsp3) is 1.00. The van der Waals surface area contributed by atoms with Crippen LogP contribution in [-0.2, 0) is 0 Å². The van der Waals surface area contributed by atoms with Crippen molar-refractivity contribution in [3.8, 4) is 0 Å². The number of nitrogens with one attached hydrogen (secondary N) is 1. The molecule has 1 unspecified atom stereocenters. The molecule has 2 nitrogen and oxygen atoms in total. The van der Waals surface area contributed by atoms with Crippen molar-refractivity contribution in [2.75, 3.05) is 19.3 Å². The first-order chi connectivity index (χ1) is 7.16. The Morgan fingerprint density at radius 1 is 1.27 bits per heavy atom. The molecular formula is C12H25NOS. The molecule has 1 atom stereocenters. The average molecular weight is 231 g/mol. The first kappa shape index (κ1) is 13.3. The maximum absolute atomic E-state index is 10.4. The molecule has 0 spiro atoms. The molecule has 0 radical (unpaired) electrons. The molecule has 3 heteroatoms. The molecule has 1 rings (SSSR count). The molecule has 0 heterocycles. The predicted octanol–water partition coefficient (Wildman–Crippen LogP) is 2.41. The summed E-state index contributed by atoms with van der Waals surface area (Å²) in [5.41, 5.74) is -0.422. The van der Waals surface area contributed by atoms with Gasteiger partial charge in [-0.05, 0) is 19.1 Å². The summed E-state index contributed by atoms with van der Waals surface area (Å²) < 4.78 is 0. The van der Waals surface area contributed by atoms with E-state index in [1.807, 2.05) is 11.8 Å². The van der Waals surface area contributed by atoms with Gasteiger partial charge in [0.05, 0.1) is 5.60 Å². The summed E-state index contributed by atoms with van der Waals surface area (Å²) in [6.45, 7) is 4.00. The lowest BCUT2D eigenvalue weighted by Gasteiger charge is -2.27. The topological polar surface area (TPSA) is 32.3 Å². The van der Waals surface area contributed by atoms with Gasteiger partial charge in [0, 0.05) is 18.3 Å². The largest absolute Gasteiger partial charge is 0.389 e. The van der Waals surface area contributed by atoms with Crippen LogP contribution in [0.15, 0.2) is 0 Å². The minimum absolute atomic E-state index is 0.422. The summed E-state index contributed by atoms with van der Waals surface area (Å²) >= 11 is 1.87. The Balaban J connectivity index is 2.22. The van der Waals surface area contributed by atoms with Crippen molar-refractivity contribution in [2.24, 2.45) is 0 Å². The number of hydrogen-bond donors (Lipinski definition) is 2. The molecule has 0 aliphatic heterocycles. The summed E-state index contributed by atoms with van der Waals surface area (Å²) in [6, 6.07) is 0. The van der Waals surface area contributed by atoms with E-state index in [1.54, 1.807) is 0 Å². The maximum Gasteiger partial charge on any atom is 0.0771 e. The Bertz CT molecular complexity index is 167. The smallest absolute Gasteiger partial charge is 0.0771 e. The third-order valence-corrected chi connectivity index (χ3v) is 4.29. The van der Waals surface area contributed by atoms with Gasteiger partial charge in [-0.1, -0.05) is 32.6 Å². The van der Waals surface area contributed by atoms with E-state index >= 15 is 0 Å². The van der Waals surface area contributed by atoms with Crippen LogP contribution in [0.4, 0.5) is 0 Å². The summed E-state index contributed by atoms with van der Waals surface area (Å²) in [4.78, 5) is 0. The van der Waals surface area contributed by atoms with Crippen LogP contribution in [0.3, 0.4) is 0 Å². The summed E-state index contributed by atoms with van der Waals surface area (Å²) in [5.74, 6) is 0. The summed E-state index contributed by atoms with van der Waals surface area (Å²) in [6.07, 6.45) is 9.06. The van der Waals surface area contributed by atoms with Crippen molar-refractivity contribution < 1.29 is 5.11 Å². The second kappa shape index (κ2) is 6.77. The zero-order valence-electron chi connectivity index (χ0n) is 10.1. The van der Waals surface area contributed by atoms with Crippen molar-refractivity contribution in [1.29, 1.82) is 0 Å². The van der Waals surface area contributed by atoms with Crippen molar-refractivity contribution in [3.63, 3.8) is 0 Å². The molecule has 1 aliphatic carbocycles. The Kier molecular flexibility index (Phi) is 6.02. The number of hydrogen-bond acceptors (Lipinski definition) is 3. The van der Waals surface area contributed by atoms with Gasteiger partial charge >= 0.3 is 0 Å². The van der Waals surface area contributed by atoms with Crippen molar-refractivity contribution in [2.45, 2.75) is 56.3 Å². The van der Waals surface area contributed by atoms with Gasteiger partial charge in [0.25, 0.3) is 0 Å². The molecule has 0 amide bonds. The SMILES string of the molecule is CSC(C)CNCC1(O)CCCCCC1. The molecule has 1 aliphatic rings. The minimum Gasteiger partial charge on any atom is -0.389 e. The molecule has 0 aromatic carbocycles. The first-order valence-electron chi connectivity index (χ1n) is 6.12. The molecule has 0 bridgehead atoms. The highest BCUT2D eigenvalue weighted by Gasteiger charge is 2.27. The van der Waals surface area contributed by atoms with Gasteiger partial charge in [0.2, 0.25) is 0 Å². The first-order valence-corrected chi connectivity index (χ1v) is 7.41. The maximum atomic E-state index is 10.4. The number of thioether (sulfide) groups is 1. The van der Waals surface area contributed by atoms with Gasteiger partial charge in [-0.25, -0.2) is 0 Å². The fourth-order valence-electron chi connectivity index (χ4n) is 2.15. The Morgan fingerprint density at radius 3 is 2.40 bits per heavy atom. The molecule has 15 heavy (non-hydrogen) atoms. The van der Waals surface area contributed by atoms with Crippen LogP contribution >= 0.6 is 11.8 Å². The van der Waals surface area contributed by atoms with E-state index in [1.165, 1.54) is 25.7 Å². The fourth-order valence-corrected chi connectivity index (χ4v) is 2.44.